The van der Waals surface area contributed by atoms with E-state index in [0.29, 0.717) is 55.9 Å². The fourth-order valence-corrected chi connectivity index (χ4v) is 5.06. The van der Waals surface area contributed by atoms with Gasteiger partial charge in [0.15, 0.2) is 0 Å². The Labute approximate surface area is 197 Å². The average molecular weight is 482 g/mol. The molecule has 0 bridgehead atoms. The van der Waals surface area contributed by atoms with E-state index in [4.69, 9.17) is 9.47 Å². The van der Waals surface area contributed by atoms with E-state index in [1.807, 2.05) is 4.90 Å². The maximum Gasteiger partial charge on any atom is 0.416 e. The van der Waals surface area contributed by atoms with Crippen LogP contribution in [0, 0.1) is 0 Å². The van der Waals surface area contributed by atoms with Crippen molar-refractivity contribution in [2.45, 2.75) is 38.5 Å². The van der Waals surface area contributed by atoms with E-state index in [-0.39, 0.29) is 11.7 Å². The summed E-state index contributed by atoms with van der Waals surface area (Å²) in [5, 5.41) is 0. The lowest BCUT2D eigenvalue weighted by Crippen LogP contribution is -2.53. The van der Waals surface area contributed by atoms with Crippen molar-refractivity contribution >= 4 is 17.6 Å². The molecule has 0 aliphatic carbocycles. The Morgan fingerprint density at radius 3 is 2.29 bits per heavy atom. The number of amides is 1. The molecule has 3 aliphatic rings. The number of piperidine rings is 1. The molecule has 0 radical (unpaired) electrons. The number of hydrogen-bond acceptors (Lipinski definition) is 6. The molecule has 0 aromatic heterocycles. The van der Waals surface area contributed by atoms with Gasteiger partial charge in [0.25, 0.3) is 5.91 Å². The molecular formula is C24H30F3N3O4. The Morgan fingerprint density at radius 2 is 1.74 bits per heavy atom. The normalized spacial score (nSPS) is 21.3. The number of likely N-dealkylation sites (tertiary alicyclic amines) is 1. The van der Waals surface area contributed by atoms with E-state index in [1.54, 1.807) is 17.9 Å². The Balaban J connectivity index is 1.49. The number of alkyl halides is 3. The maximum absolute atomic E-state index is 13.5. The van der Waals surface area contributed by atoms with E-state index in [0.717, 1.165) is 31.8 Å². The first-order chi connectivity index (χ1) is 16.1. The highest BCUT2D eigenvalue weighted by Gasteiger charge is 2.51. The van der Waals surface area contributed by atoms with E-state index in [2.05, 4.69) is 11.8 Å². The summed E-state index contributed by atoms with van der Waals surface area (Å²) in [6, 6.07) is 3.64. The van der Waals surface area contributed by atoms with Crippen molar-refractivity contribution in [1.82, 2.24) is 9.80 Å². The summed E-state index contributed by atoms with van der Waals surface area (Å²) in [5.74, 6) is -0.524. The van der Waals surface area contributed by atoms with Crippen LogP contribution in [0.4, 0.5) is 18.9 Å². The second kappa shape index (κ2) is 9.13. The molecular weight excluding hydrogens is 451 g/mol. The van der Waals surface area contributed by atoms with Crippen molar-refractivity contribution in [1.29, 1.82) is 0 Å². The number of anilines is 1. The highest BCUT2D eigenvalue weighted by atomic mass is 19.4. The minimum absolute atomic E-state index is 0.131. The van der Waals surface area contributed by atoms with Crippen molar-refractivity contribution in [3.8, 4) is 5.75 Å². The quantitative estimate of drug-likeness (QED) is 0.616. The number of methoxy groups -OCH3 is 1. The smallest absolute Gasteiger partial charge is 0.416 e. The number of piperazine rings is 1. The number of carbonyl (C=O) groups is 2. The van der Waals surface area contributed by atoms with E-state index in [9.17, 15) is 22.8 Å². The Kier molecular flexibility index (Phi) is 6.54. The van der Waals surface area contributed by atoms with Gasteiger partial charge in [0.1, 0.15) is 11.4 Å². The summed E-state index contributed by atoms with van der Waals surface area (Å²) in [6.07, 6.45) is -3.33. The number of hydrogen-bond donors (Lipinski definition) is 0. The summed E-state index contributed by atoms with van der Waals surface area (Å²) in [5.41, 5.74) is -0.447. The predicted molar refractivity (Wildman–Crippen MR) is 120 cm³/mol. The van der Waals surface area contributed by atoms with Crippen LogP contribution in [-0.2, 0) is 20.5 Å². The zero-order chi connectivity index (χ0) is 24.7. The van der Waals surface area contributed by atoms with E-state index in [1.165, 1.54) is 7.11 Å². The van der Waals surface area contributed by atoms with Gasteiger partial charge in [0, 0.05) is 69.4 Å². The monoisotopic (exact) mass is 481 g/mol. The SMILES string of the molecule is CCN1CCC2(CC1)OC(=O)C(C)=C2C(=O)N1CCN(c2cc(OC)cc(C(F)(F)F)c2)CC1. The van der Waals surface area contributed by atoms with Crippen LogP contribution in [0.15, 0.2) is 29.3 Å². The predicted octanol–water partition coefficient (Wildman–Crippen LogP) is 3.09. The Morgan fingerprint density at radius 1 is 1.09 bits per heavy atom. The number of esters is 1. The molecule has 2 saturated heterocycles. The Hall–Kier alpha value is -2.75. The molecule has 10 heteroatoms. The van der Waals surface area contributed by atoms with Gasteiger partial charge in [-0.05, 0) is 25.6 Å². The topological polar surface area (TPSA) is 62.3 Å². The molecule has 0 atom stereocenters. The van der Waals surface area contributed by atoms with Crippen LogP contribution in [0.5, 0.6) is 5.75 Å². The largest absolute Gasteiger partial charge is 0.497 e. The minimum atomic E-state index is -4.48. The summed E-state index contributed by atoms with van der Waals surface area (Å²) in [4.78, 5) is 31.7. The maximum atomic E-state index is 13.5. The molecule has 1 amide bonds. The van der Waals surface area contributed by atoms with Gasteiger partial charge in [0.2, 0.25) is 0 Å². The van der Waals surface area contributed by atoms with Crippen LogP contribution < -0.4 is 9.64 Å². The second-order valence-electron chi connectivity index (χ2n) is 9.01. The van der Waals surface area contributed by atoms with Crippen molar-refractivity contribution < 1.29 is 32.2 Å². The third kappa shape index (κ3) is 4.47. The summed E-state index contributed by atoms with van der Waals surface area (Å²) >= 11 is 0. The van der Waals surface area contributed by atoms with Crippen molar-refractivity contribution in [3.63, 3.8) is 0 Å². The van der Waals surface area contributed by atoms with Gasteiger partial charge in [-0.1, -0.05) is 6.92 Å². The van der Waals surface area contributed by atoms with E-state index < -0.39 is 23.3 Å². The number of halogens is 3. The lowest BCUT2D eigenvalue weighted by Gasteiger charge is -2.41. The van der Waals surface area contributed by atoms with Crippen LogP contribution in [0.2, 0.25) is 0 Å². The second-order valence-corrected chi connectivity index (χ2v) is 9.01. The molecule has 4 rings (SSSR count). The summed E-state index contributed by atoms with van der Waals surface area (Å²) in [7, 11) is 1.33. The fourth-order valence-electron chi connectivity index (χ4n) is 5.06. The van der Waals surface area contributed by atoms with Crippen LogP contribution in [-0.4, -0.2) is 80.2 Å². The summed E-state index contributed by atoms with van der Waals surface area (Å²) in [6.45, 7) is 7.52. The molecule has 1 aromatic rings. The molecule has 3 aliphatic heterocycles. The van der Waals surface area contributed by atoms with Crippen molar-refractivity contribution in [2.75, 3.05) is 57.8 Å². The van der Waals surface area contributed by atoms with Crippen molar-refractivity contribution in [2.24, 2.45) is 0 Å². The lowest BCUT2D eigenvalue weighted by atomic mass is 9.82. The van der Waals surface area contributed by atoms with Gasteiger partial charge < -0.3 is 24.2 Å². The van der Waals surface area contributed by atoms with Crippen molar-refractivity contribution in [3.05, 3.63) is 34.9 Å². The first kappa shape index (κ1) is 24.4. The van der Waals surface area contributed by atoms with Crippen LogP contribution in [0.25, 0.3) is 0 Å². The van der Waals surface area contributed by atoms with Gasteiger partial charge in [-0.25, -0.2) is 4.79 Å². The number of benzene rings is 1. The average Bonchev–Trinajstić information content (AvgIpc) is 3.07. The molecule has 7 nitrogen and oxygen atoms in total. The summed E-state index contributed by atoms with van der Waals surface area (Å²) < 4.78 is 50.7. The molecule has 34 heavy (non-hydrogen) atoms. The molecule has 0 N–H and O–H groups in total. The first-order valence-electron chi connectivity index (χ1n) is 11.6. The zero-order valence-electron chi connectivity index (χ0n) is 19.7. The van der Waals surface area contributed by atoms with Gasteiger partial charge in [0.05, 0.1) is 18.2 Å². The third-order valence-electron chi connectivity index (χ3n) is 7.14. The molecule has 0 unspecified atom stereocenters. The van der Waals surface area contributed by atoms with E-state index >= 15 is 0 Å². The standard InChI is InChI=1S/C24H30F3N3O4/c1-4-28-7-5-23(6-8-28)20(16(2)22(32)34-23)21(31)30-11-9-29(10-12-30)18-13-17(24(25,26)27)14-19(15-18)33-3/h13-15H,4-12H2,1-3H3. The van der Waals surface area contributed by atoms with Gasteiger partial charge in [-0.15, -0.1) is 0 Å². The minimum Gasteiger partial charge on any atom is -0.497 e. The highest BCUT2D eigenvalue weighted by Crippen LogP contribution is 2.42. The number of nitrogens with zero attached hydrogens (tertiary/aromatic N) is 3. The number of ether oxygens (including phenoxy) is 2. The molecule has 186 valence electrons. The van der Waals surface area contributed by atoms with Gasteiger partial charge >= 0.3 is 12.1 Å². The van der Waals surface area contributed by atoms with Crippen LogP contribution >= 0.6 is 0 Å². The van der Waals surface area contributed by atoms with Gasteiger partial charge in [-0.3, -0.25) is 4.79 Å². The molecule has 1 aromatic carbocycles. The third-order valence-corrected chi connectivity index (χ3v) is 7.14. The fraction of sp³-hybridized carbons (Fsp3) is 0.583. The molecule has 3 heterocycles. The zero-order valence-corrected chi connectivity index (χ0v) is 19.7. The molecule has 2 fully saturated rings. The number of carbonyl (C=O) groups excluding carboxylic acids is 2. The lowest BCUT2D eigenvalue weighted by molar-refractivity contribution is -0.151. The highest BCUT2D eigenvalue weighted by molar-refractivity contribution is 6.07. The molecule has 1 spiro atoms. The first-order valence-corrected chi connectivity index (χ1v) is 11.6. The van der Waals surface area contributed by atoms with Crippen LogP contribution in [0.1, 0.15) is 32.3 Å². The molecule has 0 saturated carbocycles. The Bertz CT molecular complexity index is 992. The van der Waals surface area contributed by atoms with Crippen LogP contribution in [0.3, 0.4) is 0 Å². The van der Waals surface area contributed by atoms with Gasteiger partial charge in [-0.2, -0.15) is 13.2 Å². The number of rotatable bonds is 4.